The highest BCUT2D eigenvalue weighted by molar-refractivity contribution is 8.02. The van der Waals surface area contributed by atoms with E-state index in [9.17, 15) is 19.8 Å². The van der Waals surface area contributed by atoms with E-state index in [1.54, 1.807) is 18.3 Å². The zero-order chi connectivity index (χ0) is 19.1. The third kappa shape index (κ3) is 3.18. The molecule has 4 rings (SSSR count). The fourth-order valence-electron chi connectivity index (χ4n) is 3.61. The number of carbonyl (C=O) groups is 2. The first-order valence-corrected chi connectivity index (χ1v) is 10.4. The molecule has 3 atom stereocenters. The van der Waals surface area contributed by atoms with Crippen molar-refractivity contribution in [3.05, 3.63) is 52.0 Å². The van der Waals surface area contributed by atoms with Crippen LogP contribution in [0.5, 0.6) is 0 Å². The summed E-state index contributed by atoms with van der Waals surface area (Å²) in [5.41, 5.74) is 2.00. The van der Waals surface area contributed by atoms with Crippen LogP contribution in [-0.4, -0.2) is 44.1 Å². The van der Waals surface area contributed by atoms with Gasteiger partial charge in [0.05, 0.1) is 23.8 Å². The molecule has 0 bridgehead atoms. The quantitative estimate of drug-likeness (QED) is 0.722. The molecule has 6 nitrogen and oxygen atoms in total. The third-order valence-electron chi connectivity index (χ3n) is 4.86. The molecule has 0 spiro atoms. The molecular weight excluding hydrogens is 384 g/mol. The van der Waals surface area contributed by atoms with E-state index < -0.39 is 18.0 Å². The van der Waals surface area contributed by atoms with E-state index in [4.69, 9.17) is 0 Å². The Labute approximate surface area is 164 Å². The molecule has 140 valence electrons. The number of aliphatic carboxylic acids is 1. The van der Waals surface area contributed by atoms with Gasteiger partial charge in [0.2, 0.25) is 5.91 Å². The summed E-state index contributed by atoms with van der Waals surface area (Å²) in [5.74, 6) is -1.37. The highest BCUT2D eigenvalue weighted by Gasteiger charge is 2.56. The van der Waals surface area contributed by atoms with Gasteiger partial charge in [-0.15, -0.1) is 23.1 Å². The second kappa shape index (κ2) is 7.10. The predicted octanol–water partition coefficient (Wildman–Crippen LogP) is 2.95. The SMILES string of the molecule is CC(O)C1C(=O)N2C(C(=O)O)=C(SCc3csc(-c4ccccc4)n3)CC12. The van der Waals surface area contributed by atoms with Gasteiger partial charge in [0, 0.05) is 28.0 Å². The minimum atomic E-state index is -1.10. The fourth-order valence-corrected chi connectivity index (χ4v) is 5.62. The number of hydrogen-bond donors (Lipinski definition) is 2. The lowest BCUT2D eigenvalue weighted by Gasteiger charge is -2.44. The molecule has 1 amide bonds. The number of aliphatic hydroxyl groups is 1. The largest absolute Gasteiger partial charge is 0.477 e. The molecule has 3 heterocycles. The maximum atomic E-state index is 12.2. The number of rotatable bonds is 6. The Morgan fingerprint density at radius 1 is 1.41 bits per heavy atom. The Balaban J connectivity index is 1.49. The van der Waals surface area contributed by atoms with Gasteiger partial charge >= 0.3 is 5.97 Å². The van der Waals surface area contributed by atoms with Crippen molar-refractivity contribution < 1.29 is 19.8 Å². The lowest BCUT2D eigenvalue weighted by atomic mass is 9.83. The molecular formula is C19H18N2O4S2. The molecule has 2 N–H and O–H groups in total. The molecule has 0 radical (unpaired) electrons. The number of aromatic nitrogens is 1. The average Bonchev–Trinajstić information content (AvgIpc) is 3.23. The van der Waals surface area contributed by atoms with Gasteiger partial charge in [0.15, 0.2) is 0 Å². The van der Waals surface area contributed by atoms with Gasteiger partial charge in [0.1, 0.15) is 10.7 Å². The van der Waals surface area contributed by atoms with Gasteiger partial charge in [0.25, 0.3) is 0 Å². The number of carboxylic acid groups (broad SMARTS) is 1. The molecule has 1 saturated heterocycles. The summed E-state index contributed by atoms with van der Waals surface area (Å²) < 4.78 is 0. The van der Waals surface area contributed by atoms with Gasteiger partial charge in [-0.25, -0.2) is 9.78 Å². The van der Waals surface area contributed by atoms with Gasteiger partial charge in [-0.1, -0.05) is 30.3 Å². The van der Waals surface area contributed by atoms with Gasteiger partial charge < -0.3 is 15.1 Å². The molecule has 0 saturated carbocycles. The van der Waals surface area contributed by atoms with Crippen molar-refractivity contribution in [2.75, 3.05) is 0 Å². The summed E-state index contributed by atoms with van der Waals surface area (Å²) in [6.45, 7) is 1.58. The number of β-lactam (4-membered cyclic amide) rings is 1. The summed E-state index contributed by atoms with van der Waals surface area (Å²) in [6, 6.07) is 9.65. The molecule has 1 fully saturated rings. The lowest BCUT2D eigenvalue weighted by molar-refractivity contribution is -0.161. The van der Waals surface area contributed by atoms with E-state index >= 15 is 0 Å². The summed E-state index contributed by atoms with van der Waals surface area (Å²) in [6.07, 6.45) is -0.298. The molecule has 1 aromatic heterocycles. The number of thiazole rings is 1. The summed E-state index contributed by atoms with van der Waals surface area (Å²) in [4.78, 5) is 30.6. The van der Waals surface area contributed by atoms with E-state index in [1.807, 2.05) is 35.7 Å². The second-order valence-electron chi connectivity index (χ2n) is 6.62. The first kappa shape index (κ1) is 18.2. The molecule has 1 aromatic carbocycles. The number of nitrogens with zero attached hydrogens (tertiary/aromatic N) is 2. The van der Waals surface area contributed by atoms with Crippen molar-refractivity contribution in [1.82, 2.24) is 9.88 Å². The average molecular weight is 402 g/mol. The topological polar surface area (TPSA) is 90.7 Å². The van der Waals surface area contributed by atoms with Crippen molar-refractivity contribution >= 4 is 35.0 Å². The van der Waals surface area contributed by atoms with Crippen molar-refractivity contribution in [3.63, 3.8) is 0 Å². The van der Waals surface area contributed by atoms with Gasteiger partial charge in [-0.05, 0) is 6.92 Å². The molecule has 0 aliphatic carbocycles. The van der Waals surface area contributed by atoms with Crippen molar-refractivity contribution in [2.24, 2.45) is 5.92 Å². The van der Waals surface area contributed by atoms with Gasteiger partial charge in [-0.3, -0.25) is 4.79 Å². The highest BCUT2D eigenvalue weighted by atomic mass is 32.2. The number of carbonyl (C=O) groups excluding carboxylic acids is 1. The van der Waals surface area contributed by atoms with Crippen molar-refractivity contribution in [2.45, 2.75) is 31.2 Å². The molecule has 27 heavy (non-hydrogen) atoms. The van der Waals surface area contributed by atoms with Crippen molar-refractivity contribution in [1.29, 1.82) is 0 Å². The normalized spacial score (nSPS) is 22.6. The van der Waals surface area contributed by atoms with Crippen LogP contribution in [0.15, 0.2) is 46.3 Å². The van der Waals surface area contributed by atoms with Crippen LogP contribution in [0.25, 0.3) is 10.6 Å². The van der Waals surface area contributed by atoms with Crippen LogP contribution in [0.4, 0.5) is 0 Å². The number of hydrogen-bond acceptors (Lipinski definition) is 6. The highest BCUT2D eigenvalue weighted by Crippen LogP contribution is 2.47. The minimum Gasteiger partial charge on any atom is -0.477 e. The molecule has 3 unspecified atom stereocenters. The van der Waals surface area contributed by atoms with E-state index in [-0.39, 0.29) is 17.6 Å². The van der Waals surface area contributed by atoms with E-state index in [0.29, 0.717) is 17.1 Å². The van der Waals surface area contributed by atoms with E-state index in [2.05, 4.69) is 4.98 Å². The van der Waals surface area contributed by atoms with Crippen LogP contribution < -0.4 is 0 Å². The van der Waals surface area contributed by atoms with E-state index in [0.717, 1.165) is 16.3 Å². The Kier molecular flexibility index (Phi) is 4.79. The maximum absolute atomic E-state index is 12.2. The Bertz CT molecular complexity index is 923. The lowest BCUT2D eigenvalue weighted by Crippen LogP contribution is -2.61. The summed E-state index contributed by atoms with van der Waals surface area (Å²) >= 11 is 2.97. The van der Waals surface area contributed by atoms with Crippen molar-refractivity contribution in [3.8, 4) is 10.6 Å². The summed E-state index contributed by atoms with van der Waals surface area (Å²) in [5, 5.41) is 22.3. The van der Waals surface area contributed by atoms with Crippen LogP contribution in [0, 0.1) is 5.92 Å². The number of carboxylic acids is 1. The number of fused-ring (bicyclic) bond motifs is 1. The van der Waals surface area contributed by atoms with Crippen LogP contribution in [0.3, 0.4) is 0 Å². The maximum Gasteiger partial charge on any atom is 0.353 e. The monoisotopic (exact) mass is 402 g/mol. The molecule has 2 aliphatic rings. The van der Waals surface area contributed by atoms with Gasteiger partial charge in [-0.2, -0.15) is 0 Å². The van der Waals surface area contributed by atoms with Crippen LogP contribution >= 0.6 is 23.1 Å². The first-order chi connectivity index (χ1) is 13.0. The molecule has 8 heteroatoms. The minimum absolute atomic E-state index is 0.0606. The number of thioether (sulfide) groups is 1. The summed E-state index contributed by atoms with van der Waals surface area (Å²) in [7, 11) is 0. The zero-order valence-electron chi connectivity index (χ0n) is 14.5. The Morgan fingerprint density at radius 3 is 2.81 bits per heavy atom. The zero-order valence-corrected chi connectivity index (χ0v) is 16.2. The van der Waals surface area contributed by atoms with Crippen LogP contribution in [0.1, 0.15) is 19.0 Å². The molecule has 2 aromatic rings. The third-order valence-corrected chi connectivity index (χ3v) is 6.95. The van der Waals surface area contributed by atoms with E-state index in [1.165, 1.54) is 16.7 Å². The van der Waals surface area contributed by atoms with Crippen LogP contribution in [-0.2, 0) is 15.3 Å². The second-order valence-corrected chi connectivity index (χ2v) is 8.55. The smallest absolute Gasteiger partial charge is 0.353 e. The fraction of sp³-hybridized carbons (Fsp3) is 0.316. The number of benzene rings is 1. The molecule has 2 aliphatic heterocycles. The first-order valence-electron chi connectivity index (χ1n) is 8.57. The standard InChI is InChI=1S/C19H18N2O4S2/c1-10(22)15-13-7-14(16(19(24)25)21(13)18(15)23)26-8-12-9-27-17(20-12)11-5-3-2-4-6-11/h2-6,9-10,13,15,22H,7-8H2,1H3,(H,24,25). The number of amides is 1. The Hall–Kier alpha value is -2.16. The predicted molar refractivity (Wildman–Crippen MR) is 104 cm³/mol. The van der Waals surface area contributed by atoms with Crippen LogP contribution in [0.2, 0.25) is 0 Å². The Morgan fingerprint density at radius 2 is 2.15 bits per heavy atom. The number of aliphatic hydroxyl groups excluding tert-OH is 1.